The number of aromatic nitrogens is 2. The Morgan fingerprint density at radius 1 is 1.47 bits per heavy atom. The van der Waals surface area contributed by atoms with Crippen LogP contribution in [-0.4, -0.2) is 9.55 Å². The molecule has 0 bridgehead atoms. The molecule has 1 aromatic heterocycles. The summed E-state index contributed by atoms with van der Waals surface area (Å²) in [7, 11) is 0. The van der Waals surface area contributed by atoms with Crippen LogP contribution in [0.2, 0.25) is 5.02 Å². The molecule has 17 heavy (non-hydrogen) atoms. The molecule has 0 amide bonds. The highest BCUT2D eigenvalue weighted by Gasteiger charge is 2.05. The van der Waals surface area contributed by atoms with Crippen LogP contribution in [-0.2, 0) is 6.54 Å². The molecule has 0 saturated carbocycles. The topological polar surface area (TPSA) is 34.9 Å². The molecule has 2 aromatic rings. The van der Waals surface area contributed by atoms with Crippen LogP contribution in [0.4, 0.5) is 4.39 Å². The van der Waals surface area contributed by atoms with Crippen molar-refractivity contribution in [3.63, 3.8) is 0 Å². The highest BCUT2D eigenvalue weighted by Crippen LogP contribution is 2.17. The van der Waals surface area contributed by atoms with Crippen molar-refractivity contribution in [2.24, 2.45) is 0 Å². The Labute approximate surface area is 115 Å². The molecule has 0 aliphatic carbocycles. The number of nitrogens with zero attached hydrogens (tertiary/aromatic N) is 2. The molecule has 3 nitrogen and oxygen atoms in total. The van der Waals surface area contributed by atoms with Gasteiger partial charge in [0.25, 0.3) is 5.56 Å². The zero-order valence-electron chi connectivity index (χ0n) is 8.53. The molecule has 2 rings (SSSR count). The van der Waals surface area contributed by atoms with Gasteiger partial charge in [0.15, 0.2) is 0 Å². The van der Waals surface area contributed by atoms with Gasteiger partial charge in [-0.25, -0.2) is 9.37 Å². The second-order valence-corrected chi connectivity index (χ2v) is 4.98. The van der Waals surface area contributed by atoms with Crippen LogP contribution < -0.4 is 5.56 Å². The average molecular weight is 365 g/mol. The third-order valence-electron chi connectivity index (χ3n) is 2.21. The van der Waals surface area contributed by atoms with Crippen LogP contribution in [0.1, 0.15) is 5.56 Å². The lowest BCUT2D eigenvalue weighted by Gasteiger charge is -2.07. The lowest BCUT2D eigenvalue weighted by atomic mass is 10.2. The molecule has 0 spiro atoms. The Morgan fingerprint density at radius 3 is 2.94 bits per heavy atom. The first kappa shape index (κ1) is 12.5. The first-order valence-electron chi connectivity index (χ1n) is 4.72. The van der Waals surface area contributed by atoms with Gasteiger partial charge in [-0.1, -0.05) is 17.7 Å². The highest BCUT2D eigenvalue weighted by molar-refractivity contribution is 14.1. The van der Waals surface area contributed by atoms with E-state index in [2.05, 4.69) is 4.98 Å². The summed E-state index contributed by atoms with van der Waals surface area (Å²) in [5.74, 6) is -0.396. The van der Waals surface area contributed by atoms with Crippen molar-refractivity contribution in [2.45, 2.75) is 6.54 Å². The third kappa shape index (κ3) is 2.84. The summed E-state index contributed by atoms with van der Waals surface area (Å²) in [6.45, 7) is 0.280. The number of hydrogen-bond acceptors (Lipinski definition) is 2. The lowest BCUT2D eigenvalue weighted by molar-refractivity contribution is 0.626. The Hall–Kier alpha value is -0.950. The standard InChI is InChI=1S/C11H7ClFIN2O/c12-9-3-8(13)2-1-7(9)5-16-6-15-4-10(14)11(16)17/h1-4,6H,5H2. The van der Waals surface area contributed by atoms with E-state index in [4.69, 9.17) is 11.6 Å². The molecule has 1 aromatic carbocycles. The first-order chi connectivity index (χ1) is 8.08. The lowest BCUT2D eigenvalue weighted by Crippen LogP contribution is -2.23. The van der Waals surface area contributed by atoms with E-state index in [-0.39, 0.29) is 12.1 Å². The second kappa shape index (κ2) is 5.14. The predicted octanol–water partition coefficient (Wildman–Crippen LogP) is 2.69. The smallest absolute Gasteiger partial charge is 0.267 e. The zero-order valence-corrected chi connectivity index (χ0v) is 11.4. The van der Waals surface area contributed by atoms with Crippen LogP contribution in [0.3, 0.4) is 0 Å². The fourth-order valence-corrected chi connectivity index (χ4v) is 2.07. The van der Waals surface area contributed by atoms with E-state index >= 15 is 0 Å². The van der Waals surface area contributed by atoms with E-state index in [0.29, 0.717) is 14.2 Å². The summed E-state index contributed by atoms with van der Waals surface area (Å²) in [4.78, 5) is 15.7. The average Bonchev–Trinajstić information content (AvgIpc) is 2.28. The van der Waals surface area contributed by atoms with Gasteiger partial charge in [-0.3, -0.25) is 9.36 Å². The zero-order chi connectivity index (χ0) is 12.4. The molecular formula is C11H7ClFIN2O. The van der Waals surface area contributed by atoms with Gasteiger partial charge in [-0.2, -0.15) is 0 Å². The van der Waals surface area contributed by atoms with Gasteiger partial charge >= 0.3 is 0 Å². The Kier molecular flexibility index (Phi) is 3.78. The summed E-state index contributed by atoms with van der Waals surface area (Å²) in [5.41, 5.74) is 0.542. The number of benzene rings is 1. The number of rotatable bonds is 2. The highest BCUT2D eigenvalue weighted by atomic mass is 127. The molecule has 0 fully saturated rings. The Morgan fingerprint density at radius 2 is 2.24 bits per heavy atom. The van der Waals surface area contributed by atoms with Crippen LogP contribution >= 0.6 is 34.2 Å². The summed E-state index contributed by atoms with van der Waals surface area (Å²) in [6, 6.07) is 4.10. The van der Waals surface area contributed by atoms with Gasteiger partial charge in [-0.05, 0) is 40.3 Å². The quantitative estimate of drug-likeness (QED) is 0.768. The Bertz CT molecular complexity index is 615. The molecule has 0 N–H and O–H groups in total. The molecular weight excluding hydrogens is 357 g/mol. The van der Waals surface area contributed by atoms with E-state index in [1.807, 2.05) is 22.6 Å². The van der Waals surface area contributed by atoms with Crippen molar-refractivity contribution in [1.29, 1.82) is 0 Å². The molecule has 88 valence electrons. The van der Waals surface area contributed by atoms with Gasteiger partial charge < -0.3 is 0 Å². The fourth-order valence-electron chi connectivity index (χ4n) is 1.37. The molecule has 0 atom stereocenters. The molecule has 0 aliphatic heterocycles. The van der Waals surface area contributed by atoms with Crippen LogP contribution in [0.5, 0.6) is 0 Å². The van der Waals surface area contributed by atoms with Crippen molar-refractivity contribution in [3.05, 3.63) is 61.1 Å². The molecule has 0 saturated heterocycles. The molecule has 0 radical (unpaired) electrons. The van der Waals surface area contributed by atoms with Gasteiger partial charge in [0, 0.05) is 11.2 Å². The second-order valence-electron chi connectivity index (χ2n) is 3.41. The van der Waals surface area contributed by atoms with E-state index in [1.165, 1.54) is 29.2 Å². The Balaban J connectivity index is 2.38. The predicted molar refractivity (Wildman–Crippen MR) is 71.7 cm³/mol. The van der Waals surface area contributed by atoms with E-state index in [1.54, 1.807) is 6.07 Å². The summed E-state index contributed by atoms with van der Waals surface area (Å²) in [5, 5.41) is 0.302. The van der Waals surface area contributed by atoms with Crippen LogP contribution in [0.15, 0.2) is 35.5 Å². The molecule has 6 heteroatoms. The van der Waals surface area contributed by atoms with Crippen molar-refractivity contribution in [3.8, 4) is 0 Å². The summed E-state index contributed by atoms with van der Waals surface area (Å²) < 4.78 is 14.8. The van der Waals surface area contributed by atoms with Crippen LogP contribution in [0.25, 0.3) is 0 Å². The normalized spacial score (nSPS) is 10.5. The maximum absolute atomic E-state index is 12.9. The minimum Gasteiger partial charge on any atom is -0.294 e. The molecule has 1 heterocycles. The van der Waals surface area contributed by atoms with E-state index in [9.17, 15) is 9.18 Å². The summed E-state index contributed by atoms with van der Waals surface area (Å²) >= 11 is 7.81. The van der Waals surface area contributed by atoms with Crippen molar-refractivity contribution in [1.82, 2.24) is 9.55 Å². The van der Waals surface area contributed by atoms with E-state index < -0.39 is 5.82 Å². The molecule has 0 aliphatic rings. The summed E-state index contributed by atoms with van der Waals surface area (Å²) in [6.07, 6.45) is 2.93. The van der Waals surface area contributed by atoms with Crippen LogP contribution in [0, 0.1) is 9.39 Å². The number of halogens is 3. The maximum atomic E-state index is 12.9. The van der Waals surface area contributed by atoms with E-state index in [0.717, 1.165) is 0 Å². The van der Waals surface area contributed by atoms with Gasteiger partial charge in [0.05, 0.1) is 16.4 Å². The third-order valence-corrected chi connectivity index (χ3v) is 3.31. The fraction of sp³-hybridized carbons (Fsp3) is 0.0909. The monoisotopic (exact) mass is 364 g/mol. The SMILES string of the molecule is O=c1c(I)cncn1Cc1ccc(F)cc1Cl. The minimum absolute atomic E-state index is 0.138. The van der Waals surface area contributed by atoms with Gasteiger partial charge in [0.1, 0.15) is 5.82 Å². The van der Waals surface area contributed by atoms with Gasteiger partial charge in [-0.15, -0.1) is 0 Å². The number of hydrogen-bond donors (Lipinski definition) is 0. The first-order valence-corrected chi connectivity index (χ1v) is 6.17. The van der Waals surface area contributed by atoms with Gasteiger partial charge in [0.2, 0.25) is 0 Å². The van der Waals surface area contributed by atoms with Crippen molar-refractivity contribution < 1.29 is 4.39 Å². The van der Waals surface area contributed by atoms with Crippen molar-refractivity contribution in [2.75, 3.05) is 0 Å². The largest absolute Gasteiger partial charge is 0.294 e. The minimum atomic E-state index is -0.396. The van der Waals surface area contributed by atoms with Crippen molar-refractivity contribution >= 4 is 34.2 Å². The maximum Gasteiger partial charge on any atom is 0.267 e. The molecule has 0 unspecified atom stereocenters.